The summed E-state index contributed by atoms with van der Waals surface area (Å²) in [6, 6.07) is 0. The summed E-state index contributed by atoms with van der Waals surface area (Å²) in [5.41, 5.74) is -0.102. The van der Waals surface area contributed by atoms with Crippen LogP contribution in [0.5, 0.6) is 0 Å². The molecule has 9 unspecified atom stereocenters. The lowest BCUT2D eigenvalue weighted by atomic mass is 9.33. The lowest BCUT2D eigenvalue weighted by Crippen LogP contribution is -2.80. The van der Waals surface area contributed by atoms with Crippen LogP contribution >= 0.6 is 0 Å². The number of hydrogen-bond acceptors (Lipinski definition) is 6. The van der Waals surface area contributed by atoms with Crippen molar-refractivity contribution in [2.75, 3.05) is 13.2 Å². The topological polar surface area (TPSA) is 82.1 Å². The van der Waals surface area contributed by atoms with Gasteiger partial charge in [0.2, 0.25) is 5.91 Å². The number of allylic oxidation sites excluding steroid dienone is 1. The van der Waals surface area contributed by atoms with Gasteiger partial charge in [-0.05, 0) is 50.4 Å². The molecular weight excluding hydrogens is 422 g/mol. The molecule has 0 aromatic carbocycles. The molecule has 0 aromatic rings. The Hall–Kier alpha value is -1.89. The van der Waals surface area contributed by atoms with Crippen LogP contribution in [0.3, 0.4) is 0 Å². The fourth-order valence-corrected chi connectivity index (χ4v) is 9.65. The Morgan fingerprint density at radius 3 is 2.61 bits per heavy atom. The van der Waals surface area contributed by atoms with Crippen molar-refractivity contribution in [3.8, 4) is 0 Å². The van der Waals surface area contributed by atoms with Crippen molar-refractivity contribution >= 4 is 17.8 Å². The van der Waals surface area contributed by atoms with Crippen molar-refractivity contribution in [1.82, 2.24) is 4.90 Å². The smallest absolute Gasteiger partial charge is 0.303 e. The number of rotatable bonds is 2. The average Bonchev–Trinajstić information content (AvgIpc) is 3.24. The molecular formula is C26H35NO6. The highest BCUT2D eigenvalue weighted by molar-refractivity contribution is 5.85. The van der Waals surface area contributed by atoms with Gasteiger partial charge in [0.25, 0.3) is 0 Å². The van der Waals surface area contributed by atoms with Gasteiger partial charge in [-0.3, -0.25) is 14.4 Å². The third kappa shape index (κ3) is 2.52. The van der Waals surface area contributed by atoms with E-state index in [1.165, 1.54) is 19.4 Å². The summed E-state index contributed by atoms with van der Waals surface area (Å²) in [5, 5.41) is 0. The number of carbonyl (C=O) groups is 3. The van der Waals surface area contributed by atoms with Gasteiger partial charge in [0, 0.05) is 37.1 Å². The standard InChI is InChI=1S/C26H35NO6/c1-14-13-25-9-6-17(14)12-18(25)26-8-5-7-24(4,22(30)27-10-11-31-23(26)27)20(26)19(32-15(2)28)21(25)33-16(3)29/h17-21,23H,1,5-13H2,2-4H3. The molecule has 7 aliphatic rings. The predicted octanol–water partition coefficient (Wildman–Crippen LogP) is 3.22. The predicted molar refractivity (Wildman–Crippen MR) is 117 cm³/mol. The van der Waals surface area contributed by atoms with Gasteiger partial charge in [-0.15, -0.1) is 0 Å². The molecule has 0 aromatic heterocycles. The first-order chi connectivity index (χ1) is 15.6. The van der Waals surface area contributed by atoms with Crippen LogP contribution in [-0.4, -0.2) is 54.3 Å². The molecule has 1 spiro atoms. The number of esters is 2. The monoisotopic (exact) mass is 457 g/mol. The normalized spacial score (nSPS) is 49.7. The van der Waals surface area contributed by atoms with Crippen LogP contribution in [0, 0.1) is 34.0 Å². The number of carbonyl (C=O) groups excluding carboxylic acids is 3. The third-order valence-corrected chi connectivity index (χ3v) is 10.4. The molecule has 180 valence electrons. The quantitative estimate of drug-likeness (QED) is 0.468. The van der Waals surface area contributed by atoms with E-state index >= 15 is 0 Å². The summed E-state index contributed by atoms with van der Waals surface area (Å²) < 4.78 is 18.6. The van der Waals surface area contributed by atoms with Crippen LogP contribution in [0.2, 0.25) is 0 Å². The molecule has 33 heavy (non-hydrogen) atoms. The van der Waals surface area contributed by atoms with E-state index in [1.807, 2.05) is 4.90 Å². The fraction of sp³-hybridized carbons (Fsp3) is 0.808. The molecule has 7 fully saturated rings. The van der Waals surface area contributed by atoms with Gasteiger partial charge < -0.3 is 19.1 Å². The molecule has 9 atom stereocenters. The van der Waals surface area contributed by atoms with Crippen molar-refractivity contribution in [3.05, 3.63) is 12.2 Å². The van der Waals surface area contributed by atoms with Gasteiger partial charge in [-0.1, -0.05) is 25.5 Å². The molecule has 0 radical (unpaired) electrons. The molecule has 5 saturated carbocycles. The zero-order valence-electron chi connectivity index (χ0n) is 19.9. The Balaban J connectivity index is 1.61. The summed E-state index contributed by atoms with van der Waals surface area (Å²) in [7, 11) is 0. The maximum atomic E-state index is 13.9. The zero-order chi connectivity index (χ0) is 23.3. The van der Waals surface area contributed by atoms with Crippen molar-refractivity contribution in [2.24, 2.45) is 34.0 Å². The fourth-order valence-electron chi connectivity index (χ4n) is 9.65. The lowest BCUT2D eigenvalue weighted by molar-refractivity contribution is -0.323. The van der Waals surface area contributed by atoms with Crippen molar-refractivity contribution < 1.29 is 28.6 Å². The van der Waals surface area contributed by atoms with Crippen LogP contribution in [0.25, 0.3) is 0 Å². The van der Waals surface area contributed by atoms with Gasteiger partial charge in [0.05, 0.1) is 12.0 Å². The minimum atomic E-state index is -0.670. The van der Waals surface area contributed by atoms with E-state index in [1.54, 1.807) is 0 Å². The summed E-state index contributed by atoms with van der Waals surface area (Å²) in [6.45, 7) is 10.5. The van der Waals surface area contributed by atoms with Gasteiger partial charge in [-0.25, -0.2) is 0 Å². The second kappa shape index (κ2) is 6.83. The summed E-state index contributed by atoms with van der Waals surface area (Å²) in [6.07, 6.45) is 4.82. The number of piperidine rings is 1. The second-order valence-corrected chi connectivity index (χ2v) is 11.8. The minimum absolute atomic E-state index is 0.102. The number of fused-ring (bicyclic) bond motifs is 3. The molecule has 5 aliphatic carbocycles. The van der Waals surface area contributed by atoms with E-state index in [4.69, 9.17) is 14.2 Å². The maximum absolute atomic E-state index is 13.9. The van der Waals surface area contributed by atoms with Crippen LogP contribution in [0.1, 0.15) is 65.7 Å². The summed E-state index contributed by atoms with van der Waals surface area (Å²) in [5.74, 6) is -0.206. The highest BCUT2D eigenvalue weighted by atomic mass is 16.6. The minimum Gasteiger partial charge on any atom is -0.458 e. The van der Waals surface area contributed by atoms with Gasteiger partial charge in [-0.2, -0.15) is 0 Å². The summed E-state index contributed by atoms with van der Waals surface area (Å²) >= 11 is 0. The summed E-state index contributed by atoms with van der Waals surface area (Å²) in [4.78, 5) is 40.8. The molecule has 2 aliphatic heterocycles. The molecule has 2 heterocycles. The maximum Gasteiger partial charge on any atom is 0.303 e. The average molecular weight is 458 g/mol. The second-order valence-electron chi connectivity index (χ2n) is 11.8. The van der Waals surface area contributed by atoms with E-state index in [2.05, 4.69) is 13.5 Å². The lowest BCUT2D eigenvalue weighted by Gasteiger charge is -2.74. The Bertz CT molecular complexity index is 947. The van der Waals surface area contributed by atoms with Gasteiger partial charge >= 0.3 is 11.9 Å². The van der Waals surface area contributed by atoms with Crippen LogP contribution in [0.4, 0.5) is 0 Å². The SMILES string of the molecule is C=C1CC23CCC1CC2C12CCCC(C)(C(=O)N4CCOC41)C2C(OC(C)=O)C3OC(C)=O. The number of nitrogens with zero attached hydrogens (tertiary/aromatic N) is 1. The molecule has 7 heteroatoms. The van der Waals surface area contributed by atoms with E-state index in [0.29, 0.717) is 19.1 Å². The van der Waals surface area contributed by atoms with Crippen LogP contribution < -0.4 is 0 Å². The Morgan fingerprint density at radius 2 is 1.91 bits per heavy atom. The van der Waals surface area contributed by atoms with Gasteiger partial charge in [0.15, 0.2) is 0 Å². The van der Waals surface area contributed by atoms with Crippen molar-refractivity contribution in [3.63, 3.8) is 0 Å². The zero-order valence-corrected chi connectivity index (χ0v) is 19.9. The molecule has 2 saturated heterocycles. The molecule has 4 bridgehead atoms. The molecule has 1 amide bonds. The van der Waals surface area contributed by atoms with Crippen molar-refractivity contribution in [2.45, 2.75) is 84.2 Å². The van der Waals surface area contributed by atoms with E-state index in [-0.39, 0.29) is 40.8 Å². The molecule has 0 N–H and O–H groups in total. The van der Waals surface area contributed by atoms with E-state index in [9.17, 15) is 14.4 Å². The Kier molecular flexibility index (Phi) is 4.48. The van der Waals surface area contributed by atoms with Crippen molar-refractivity contribution in [1.29, 1.82) is 0 Å². The van der Waals surface area contributed by atoms with Crippen LogP contribution in [0.15, 0.2) is 12.2 Å². The highest BCUT2D eigenvalue weighted by Crippen LogP contribution is 2.76. The Morgan fingerprint density at radius 1 is 1.15 bits per heavy atom. The van der Waals surface area contributed by atoms with Crippen LogP contribution in [-0.2, 0) is 28.6 Å². The first kappa shape index (κ1) is 21.6. The largest absolute Gasteiger partial charge is 0.458 e. The number of ether oxygens (including phenoxy) is 3. The number of hydrogen-bond donors (Lipinski definition) is 0. The first-order valence-corrected chi connectivity index (χ1v) is 12.6. The first-order valence-electron chi connectivity index (χ1n) is 12.6. The van der Waals surface area contributed by atoms with E-state index < -0.39 is 23.6 Å². The molecule has 7 nitrogen and oxygen atoms in total. The highest BCUT2D eigenvalue weighted by Gasteiger charge is 2.79. The van der Waals surface area contributed by atoms with E-state index in [0.717, 1.165) is 44.9 Å². The Labute approximate surface area is 195 Å². The number of amides is 1. The molecule has 7 rings (SSSR count). The third-order valence-electron chi connectivity index (χ3n) is 10.4. The van der Waals surface area contributed by atoms with Gasteiger partial charge in [0.1, 0.15) is 18.4 Å².